The molecule has 0 spiro atoms. The third-order valence-corrected chi connectivity index (χ3v) is 14.0. The van der Waals surface area contributed by atoms with Crippen molar-refractivity contribution in [1.82, 2.24) is 58.5 Å². The minimum absolute atomic E-state index is 0.0424. The number of aliphatic hydroxyl groups excluding tert-OH is 2. The average molecular weight is 1300 g/mol. The molecule has 34 heteroatoms. The third-order valence-electron chi connectivity index (χ3n) is 13.3. The van der Waals surface area contributed by atoms with Crippen LogP contribution in [0.4, 0.5) is 0 Å². The maximum Gasteiger partial charge on any atom is 0.328 e. The molecule has 32 nitrogen and oxygen atoms in total. The summed E-state index contributed by atoms with van der Waals surface area (Å²) < 4.78 is 0. The van der Waals surface area contributed by atoms with E-state index in [1.54, 1.807) is 51.1 Å². The molecule has 0 saturated heterocycles. The van der Waals surface area contributed by atoms with Gasteiger partial charge in [-0.1, -0.05) is 51.1 Å². The van der Waals surface area contributed by atoms with Crippen molar-refractivity contribution in [2.75, 3.05) is 24.6 Å². The van der Waals surface area contributed by atoms with Gasteiger partial charge < -0.3 is 96.7 Å². The van der Waals surface area contributed by atoms with E-state index in [0.29, 0.717) is 12.0 Å². The number of carbonyl (C=O) groups is 13. The summed E-state index contributed by atoms with van der Waals surface area (Å²) in [6.07, 6.45) is -3.42. The lowest BCUT2D eigenvalue weighted by atomic mass is 9.85. The Bertz CT molecular complexity index is 2670. The number of amides is 12. The first kappa shape index (κ1) is 79.2. The Kier molecular flexibility index (Phi) is 33.1. The van der Waals surface area contributed by atoms with Gasteiger partial charge in [-0.25, -0.2) is 4.79 Å². The van der Waals surface area contributed by atoms with Crippen LogP contribution in [0.15, 0.2) is 35.3 Å². The number of guanidine groups is 1. The maximum absolute atomic E-state index is 14.3. The van der Waals surface area contributed by atoms with Crippen molar-refractivity contribution in [1.29, 1.82) is 0 Å². The van der Waals surface area contributed by atoms with Crippen molar-refractivity contribution in [2.24, 2.45) is 33.3 Å². The molecular weight excluding hydrogens is 1200 g/mol. The van der Waals surface area contributed by atoms with Crippen molar-refractivity contribution < 1.29 is 77.6 Å². The molecule has 0 radical (unpaired) electrons. The highest BCUT2D eigenvalue weighted by molar-refractivity contribution is 7.80. The molecule has 22 N–H and O–H groups in total. The molecule has 12 amide bonds. The third kappa shape index (κ3) is 28.0. The van der Waals surface area contributed by atoms with E-state index in [9.17, 15) is 77.6 Å². The Hall–Kier alpha value is -7.82. The first-order chi connectivity index (χ1) is 41.2. The summed E-state index contributed by atoms with van der Waals surface area (Å²) in [5.41, 5.74) is 18.0. The quantitative estimate of drug-likeness (QED) is 0.0127. The van der Waals surface area contributed by atoms with Crippen LogP contribution in [0.3, 0.4) is 0 Å². The molecule has 0 aliphatic heterocycles. The van der Waals surface area contributed by atoms with E-state index in [1.165, 1.54) is 34.6 Å². The number of hydrogen-bond donors (Lipinski definition) is 20. The van der Waals surface area contributed by atoms with Gasteiger partial charge in [-0.05, 0) is 91.2 Å². The number of rotatable bonds is 38. The van der Waals surface area contributed by atoms with E-state index in [-0.39, 0.29) is 56.9 Å². The number of aliphatic imine (C=N–C) groups is 1. The number of carboxylic acids is 1. The standard InChI is InChI=1S/C55H92N16O16S2/c1-27(72)38(61-29(3)74)47(82)71-55(9,10)51(87)66-33(23-30-17-12-11-13-18-30)42(77)64-35(25-88)44(79)62-31(19-14-15-21-56)41(76)63-32(20-16-22-60-52(58)59)46(81)70-54(7,8)50(86)67-34(24-37(57)75)43(78)65-36(26-89)45(80)69-40(53(4,5)6)48(83)68-39(28(2)73)49(84)85/h11-13,17-18,27-28,31-36,38-40,72-73,88-89H,14-16,19-26,56H2,1-10H3,(H2,57,75)(H,61,74)(H,62,79)(H,63,76)(H,64,77)(H,65,78)(H,66,87)(H,67,86)(H,68,83)(H,69,80)(H,70,81)(H,71,82)(H,84,85)(H4,58,59,60)/t27-,28-,31+,32+,33+,34+,35+,36+,38+,39+,40-/m1/s1. The molecular formula is C55H92N16O16S2. The fourth-order valence-electron chi connectivity index (χ4n) is 8.22. The molecule has 1 rings (SSSR count). The second kappa shape index (κ2) is 37.2. The molecule has 0 aliphatic carbocycles. The SMILES string of the molecule is CC(=O)N[C@H](C(=O)NC(C)(C)C(=O)N[C@@H](Cc1ccccc1)C(=O)N[C@@H](CS)C(=O)N[C@@H](CCCCN)C(=O)N[C@@H](CCCN=C(N)N)C(=O)NC(C)(C)C(=O)N[C@@H](CC(N)=O)C(=O)N[C@@H](CS)C(=O)N[C@H](C(=O)N[C@H](C(=O)O)[C@@H](C)O)C(C)(C)C)[C@@H](C)O. The van der Waals surface area contributed by atoms with Crippen molar-refractivity contribution in [3.8, 4) is 0 Å². The number of primary amides is 1. The van der Waals surface area contributed by atoms with Gasteiger partial charge in [-0.3, -0.25) is 62.5 Å². The molecule has 0 fully saturated rings. The van der Waals surface area contributed by atoms with Gasteiger partial charge in [0.2, 0.25) is 70.9 Å². The fourth-order valence-corrected chi connectivity index (χ4v) is 8.73. The van der Waals surface area contributed by atoms with Crippen LogP contribution in [0.25, 0.3) is 0 Å². The Morgan fingerprint density at radius 2 is 0.966 bits per heavy atom. The predicted octanol–water partition coefficient (Wildman–Crippen LogP) is -5.79. The van der Waals surface area contributed by atoms with Crippen LogP contribution in [-0.4, -0.2) is 200 Å². The number of carboxylic acid groups (broad SMARTS) is 1. The number of aliphatic hydroxyl groups is 2. The van der Waals surface area contributed by atoms with Gasteiger partial charge in [0.15, 0.2) is 12.0 Å². The Labute approximate surface area is 527 Å². The first-order valence-corrected chi connectivity index (χ1v) is 29.7. The van der Waals surface area contributed by atoms with Crippen molar-refractivity contribution >= 4 is 108 Å². The normalized spacial score (nSPS) is 15.2. The van der Waals surface area contributed by atoms with E-state index >= 15 is 0 Å². The lowest BCUT2D eigenvalue weighted by molar-refractivity contribution is -0.146. The number of aliphatic carboxylic acids is 1. The van der Waals surface area contributed by atoms with Crippen LogP contribution in [-0.2, 0) is 68.7 Å². The van der Waals surface area contributed by atoms with E-state index in [2.05, 4.69) is 88.7 Å². The van der Waals surface area contributed by atoms with Crippen molar-refractivity contribution in [3.05, 3.63) is 35.9 Å². The summed E-state index contributed by atoms with van der Waals surface area (Å²) in [5.74, 6) is -14.0. The van der Waals surface area contributed by atoms with E-state index in [1.807, 2.05) is 0 Å². The highest BCUT2D eigenvalue weighted by Gasteiger charge is 2.41. The average Bonchev–Trinajstić information content (AvgIpc) is 3.32. The number of nitrogens with two attached hydrogens (primary N) is 4. The zero-order valence-electron chi connectivity index (χ0n) is 51.8. The Balaban J connectivity index is 3.53. The summed E-state index contributed by atoms with van der Waals surface area (Å²) in [6.45, 7) is 13.4. The minimum Gasteiger partial charge on any atom is -0.480 e. The van der Waals surface area contributed by atoms with Crippen LogP contribution in [0.2, 0.25) is 0 Å². The largest absolute Gasteiger partial charge is 0.480 e. The van der Waals surface area contributed by atoms with E-state index in [4.69, 9.17) is 22.9 Å². The van der Waals surface area contributed by atoms with Crippen LogP contribution in [0, 0.1) is 5.41 Å². The summed E-state index contributed by atoms with van der Waals surface area (Å²) in [6, 6.07) is -5.34. The molecule has 0 saturated carbocycles. The molecule has 0 unspecified atom stereocenters. The zero-order chi connectivity index (χ0) is 68.3. The lowest BCUT2D eigenvalue weighted by Crippen LogP contribution is -2.64. The van der Waals surface area contributed by atoms with Gasteiger partial charge in [-0.2, -0.15) is 25.3 Å². The smallest absolute Gasteiger partial charge is 0.328 e. The Morgan fingerprint density at radius 1 is 0.528 bits per heavy atom. The molecule has 0 aromatic heterocycles. The Morgan fingerprint density at radius 3 is 1.42 bits per heavy atom. The number of nitrogens with one attached hydrogen (secondary N) is 11. The summed E-state index contributed by atoms with van der Waals surface area (Å²) in [5, 5.41) is 56.5. The number of carbonyl (C=O) groups excluding carboxylic acids is 12. The first-order valence-electron chi connectivity index (χ1n) is 28.5. The second-order valence-electron chi connectivity index (χ2n) is 23.3. The highest BCUT2D eigenvalue weighted by Crippen LogP contribution is 2.21. The molecule has 1 aromatic rings. The molecule has 0 aliphatic rings. The van der Waals surface area contributed by atoms with Gasteiger partial charge in [0, 0.05) is 31.4 Å². The second-order valence-corrected chi connectivity index (χ2v) is 24.0. The summed E-state index contributed by atoms with van der Waals surface area (Å²) >= 11 is 8.45. The van der Waals surface area contributed by atoms with Gasteiger partial charge in [0.25, 0.3) is 0 Å². The van der Waals surface area contributed by atoms with Gasteiger partial charge >= 0.3 is 5.97 Å². The van der Waals surface area contributed by atoms with Crippen molar-refractivity contribution in [3.63, 3.8) is 0 Å². The molecule has 1 aromatic carbocycles. The van der Waals surface area contributed by atoms with Gasteiger partial charge in [-0.15, -0.1) is 0 Å². The molecule has 0 bridgehead atoms. The highest BCUT2D eigenvalue weighted by atomic mass is 32.1. The number of benzene rings is 1. The summed E-state index contributed by atoms with van der Waals surface area (Å²) in [4.78, 5) is 178. The molecule has 89 heavy (non-hydrogen) atoms. The minimum atomic E-state index is -1.98. The van der Waals surface area contributed by atoms with Crippen LogP contribution in [0.5, 0.6) is 0 Å². The van der Waals surface area contributed by atoms with Crippen molar-refractivity contribution in [2.45, 2.75) is 192 Å². The molecule has 11 atom stereocenters. The van der Waals surface area contributed by atoms with Crippen LogP contribution >= 0.6 is 25.3 Å². The zero-order valence-corrected chi connectivity index (χ0v) is 53.6. The number of nitrogens with zero attached hydrogens (tertiary/aromatic N) is 1. The van der Waals surface area contributed by atoms with Gasteiger partial charge in [0.1, 0.15) is 59.4 Å². The number of thiol groups is 2. The van der Waals surface area contributed by atoms with Crippen LogP contribution < -0.4 is 81.4 Å². The van der Waals surface area contributed by atoms with Gasteiger partial charge in [0.05, 0.1) is 18.6 Å². The molecule has 0 heterocycles. The van der Waals surface area contributed by atoms with E-state index in [0.717, 1.165) is 13.8 Å². The van der Waals surface area contributed by atoms with E-state index < -0.39 is 172 Å². The monoisotopic (exact) mass is 1300 g/mol. The molecule has 500 valence electrons. The maximum atomic E-state index is 14.3. The lowest BCUT2D eigenvalue weighted by Gasteiger charge is -2.33. The topological polar surface area (TPSA) is 531 Å². The predicted molar refractivity (Wildman–Crippen MR) is 332 cm³/mol. The van der Waals surface area contributed by atoms with Crippen LogP contribution in [0.1, 0.15) is 113 Å². The number of hydrogen-bond acceptors (Lipinski definition) is 19. The number of unbranched alkanes of at least 4 members (excludes halogenated alkanes) is 1. The fraction of sp³-hybridized carbons (Fsp3) is 0.636. The summed E-state index contributed by atoms with van der Waals surface area (Å²) in [7, 11) is 0.